The smallest absolute Gasteiger partial charge is 0.338 e. The first-order chi connectivity index (χ1) is 12.7. The highest BCUT2D eigenvalue weighted by molar-refractivity contribution is 5.99. The Labute approximate surface area is 152 Å². The first-order valence-electron chi connectivity index (χ1n) is 8.11. The van der Waals surface area contributed by atoms with Crippen molar-refractivity contribution in [3.63, 3.8) is 0 Å². The van der Waals surface area contributed by atoms with E-state index in [0.717, 1.165) is 16.3 Å². The minimum absolute atomic E-state index is 0.413. The highest BCUT2D eigenvalue weighted by Crippen LogP contribution is 2.37. The van der Waals surface area contributed by atoms with E-state index in [4.69, 9.17) is 18.9 Å². The molecule has 0 aromatic heterocycles. The Morgan fingerprint density at radius 2 is 1.58 bits per heavy atom. The maximum Gasteiger partial charge on any atom is 0.338 e. The molecule has 0 N–H and O–H groups in total. The van der Waals surface area contributed by atoms with Gasteiger partial charge >= 0.3 is 5.97 Å². The van der Waals surface area contributed by atoms with Crippen molar-refractivity contribution in [3.8, 4) is 17.2 Å². The second kappa shape index (κ2) is 7.78. The van der Waals surface area contributed by atoms with Crippen molar-refractivity contribution in [2.24, 2.45) is 0 Å². The summed E-state index contributed by atoms with van der Waals surface area (Å²) in [5.41, 5.74) is 1.46. The van der Waals surface area contributed by atoms with Gasteiger partial charge in [0.2, 0.25) is 0 Å². The molecule has 134 valence electrons. The fourth-order valence-corrected chi connectivity index (χ4v) is 2.75. The third kappa shape index (κ3) is 3.57. The molecule has 0 unspecified atom stereocenters. The highest BCUT2D eigenvalue weighted by atomic mass is 16.5. The standard InChI is InChI=1S/C21H20O5/c1-23-18-11-16(21(22)25-3)9-15-10-20(19(24-2)12-17(15)18)26-13-14-7-5-4-6-8-14/h4-12H,13H2,1-3H3. The molecule has 5 heteroatoms. The molecule has 0 bridgehead atoms. The number of esters is 1. The van der Waals surface area contributed by atoms with Gasteiger partial charge in [0.05, 0.1) is 26.9 Å². The molecule has 0 heterocycles. The van der Waals surface area contributed by atoms with Gasteiger partial charge in [0.1, 0.15) is 12.4 Å². The molecule has 3 aromatic carbocycles. The predicted octanol–water partition coefficient (Wildman–Crippen LogP) is 4.22. The zero-order valence-electron chi connectivity index (χ0n) is 14.9. The van der Waals surface area contributed by atoms with Gasteiger partial charge in [-0.05, 0) is 35.2 Å². The Kier molecular flexibility index (Phi) is 5.27. The molecular formula is C21H20O5. The third-order valence-corrected chi connectivity index (χ3v) is 4.08. The van der Waals surface area contributed by atoms with Gasteiger partial charge in [0, 0.05) is 5.39 Å². The van der Waals surface area contributed by atoms with Gasteiger partial charge in [-0.3, -0.25) is 0 Å². The highest BCUT2D eigenvalue weighted by Gasteiger charge is 2.15. The van der Waals surface area contributed by atoms with Gasteiger partial charge < -0.3 is 18.9 Å². The quantitative estimate of drug-likeness (QED) is 0.622. The Morgan fingerprint density at radius 3 is 2.23 bits per heavy atom. The molecule has 26 heavy (non-hydrogen) atoms. The molecule has 0 radical (unpaired) electrons. The van der Waals surface area contributed by atoms with Gasteiger partial charge in [0.25, 0.3) is 0 Å². The lowest BCUT2D eigenvalue weighted by Crippen LogP contribution is -2.02. The summed E-state index contributed by atoms with van der Waals surface area (Å²) in [6, 6.07) is 16.9. The van der Waals surface area contributed by atoms with Crippen LogP contribution in [0, 0.1) is 0 Å². The first-order valence-corrected chi connectivity index (χ1v) is 8.11. The summed E-state index contributed by atoms with van der Waals surface area (Å²) in [6.45, 7) is 0.413. The number of rotatable bonds is 6. The predicted molar refractivity (Wildman–Crippen MR) is 99.2 cm³/mol. The molecule has 5 nitrogen and oxygen atoms in total. The second-order valence-electron chi connectivity index (χ2n) is 5.67. The van der Waals surface area contributed by atoms with Crippen molar-refractivity contribution >= 4 is 16.7 Å². The maximum atomic E-state index is 11.9. The van der Waals surface area contributed by atoms with Crippen LogP contribution < -0.4 is 14.2 Å². The largest absolute Gasteiger partial charge is 0.496 e. The van der Waals surface area contributed by atoms with E-state index in [1.165, 1.54) is 7.11 Å². The summed E-state index contributed by atoms with van der Waals surface area (Å²) in [4.78, 5) is 11.9. The van der Waals surface area contributed by atoms with Gasteiger partial charge in [-0.25, -0.2) is 4.79 Å². The van der Waals surface area contributed by atoms with E-state index in [2.05, 4.69) is 0 Å². The monoisotopic (exact) mass is 352 g/mol. The molecule has 0 spiro atoms. The minimum atomic E-state index is -0.423. The lowest BCUT2D eigenvalue weighted by Gasteiger charge is -2.14. The van der Waals surface area contributed by atoms with Crippen LogP contribution in [0.25, 0.3) is 10.8 Å². The molecule has 0 aliphatic rings. The number of hydrogen-bond acceptors (Lipinski definition) is 5. The van der Waals surface area contributed by atoms with Crippen molar-refractivity contribution in [3.05, 3.63) is 65.7 Å². The molecule has 0 amide bonds. The number of carbonyl (C=O) groups is 1. The van der Waals surface area contributed by atoms with Crippen molar-refractivity contribution < 1.29 is 23.7 Å². The Hall–Kier alpha value is -3.21. The molecule has 0 saturated heterocycles. The summed E-state index contributed by atoms with van der Waals surface area (Å²) < 4.78 is 21.7. The number of fused-ring (bicyclic) bond motifs is 1. The van der Waals surface area contributed by atoms with Crippen molar-refractivity contribution in [1.29, 1.82) is 0 Å². The topological polar surface area (TPSA) is 54.0 Å². The van der Waals surface area contributed by atoms with E-state index >= 15 is 0 Å². The second-order valence-corrected chi connectivity index (χ2v) is 5.67. The zero-order valence-corrected chi connectivity index (χ0v) is 14.9. The van der Waals surface area contributed by atoms with Gasteiger partial charge in [-0.1, -0.05) is 30.3 Å². The van der Waals surface area contributed by atoms with Gasteiger partial charge in [-0.2, -0.15) is 0 Å². The zero-order chi connectivity index (χ0) is 18.5. The summed E-state index contributed by atoms with van der Waals surface area (Å²) in [7, 11) is 4.50. The van der Waals surface area contributed by atoms with E-state index in [1.54, 1.807) is 26.4 Å². The molecule has 0 saturated carbocycles. The summed E-state index contributed by atoms with van der Waals surface area (Å²) in [5, 5.41) is 1.62. The van der Waals surface area contributed by atoms with Crippen LogP contribution in [-0.2, 0) is 11.3 Å². The third-order valence-electron chi connectivity index (χ3n) is 4.08. The lowest BCUT2D eigenvalue weighted by atomic mass is 10.0. The summed E-state index contributed by atoms with van der Waals surface area (Å²) in [6.07, 6.45) is 0. The van der Waals surface area contributed by atoms with Crippen LogP contribution >= 0.6 is 0 Å². The summed E-state index contributed by atoms with van der Waals surface area (Å²) in [5.74, 6) is 1.33. The molecule has 0 atom stereocenters. The number of carbonyl (C=O) groups excluding carboxylic acids is 1. The maximum absolute atomic E-state index is 11.9. The lowest BCUT2D eigenvalue weighted by molar-refractivity contribution is 0.0600. The average molecular weight is 352 g/mol. The Morgan fingerprint density at radius 1 is 0.846 bits per heavy atom. The normalized spacial score (nSPS) is 10.4. The number of benzene rings is 3. The number of methoxy groups -OCH3 is 3. The van der Waals surface area contributed by atoms with Crippen LogP contribution in [0.4, 0.5) is 0 Å². The molecular weight excluding hydrogens is 332 g/mol. The van der Waals surface area contributed by atoms with E-state index < -0.39 is 5.97 Å². The van der Waals surface area contributed by atoms with Gasteiger partial charge in [0.15, 0.2) is 11.5 Å². The molecule has 0 aliphatic carbocycles. The van der Waals surface area contributed by atoms with Crippen molar-refractivity contribution in [2.45, 2.75) is 6.61 Å². The fourth-order valence-electron chi connectivity index (χ4n) is 2.75. The molecule has 0 fully saturated rings. The van der Waals surface area contributed by atoms with Crippen LogP contribution in [-0.4, -0.2) is 27.3 Å². The first kappa shape index (κ1) is 17.6. The number of ether oxygens (including phenoxy) is 4. The molecule has 3 aromatic rings. The van der Waals surface area contributed by atoms with Crippen LogP contribution in [0.2, 0.25) is 0 Å². The van der Waals surface area contributed by atoms with Crippen molar-refractivity contribution in [2.75, 3.05) is 21.3 Å². The van der Waals surface area contributed by atoms with E-state index in [0.29, 0.717) is 29.4 Å². The van der Waals surface area contributed by atoms with E-state index in [9.17, 15) is 4.79 Å². The fraction of sp³-hybridized carbons (Fsp3) is 0.190. The van der Waals surface area contributed by atoms with E-state index in [-0.39, 0.29) is 0 Å². The van der Waals surface area contributed by atoms with Crippen LogP contribution in [0.3, 0.4) is 0 Å². The van der Waals surface area contributed by atoms with Crippen molar-refractivity contribution in [1.82, 2.24) is 0 Å². The SMILES string of the molecule is COC(=O)c1cc(OC)c2cc(OC)c(OCc3ccccc3)cc2c1. The van der Waals surface area contributed by atoms with Crippen LogP contribution in [0.5, 0.6) is 17.2 Å². The minimum Gasteiger partial charge on any atom is -0.496 e. The Bertz CT molecular complexity index is 919. The summed E-state index contributed by atoms with van der Waals surface area (Å²) >= 11 is 0. The molecule has 0 aliphatic heterocycles. The number of hydrogen-bond donors (Lipinski definition) is 0. The molecule has 3 rings (SSSR count). The van der Waals surface area contributed by atoms with E-state index in [1.807, 2.05) is 42.5 Å². The van der Waals surface area contributed by atoms with Crippen LogP contribution in [0.1, 0.15) is 15.9 Å². The van der Waals surface area contributed by atoms with Gasteiger partial charge in [-0.15, -0.1) is 0 Å². The Balaban J connectivity index is 2.03. The van der Waals surface area contributed by atoms with Crippen LogP contribution in [0.15, 0.2) is 54.6 Å². The average Bonchev–Trinajstić information content (AvgIpc) is 2.70.